The van der Waals surface area contributed by atoms with Crippen LogP contribution in [0.2, 0.25) is 0 Å². The highest BCUT2D eigenvalue weighted by molar-refractivity contribution is 5.96. The van der Waals surface area contributed by atoms with Gasteiger partial charge >= 0.3 is 0 Å². The molecule has 1 heteroatoms. The minimum Gasteiger partial charge on any atom is -0.295 e. The molecule has 0 aromatic heterocycles. The van der Waals surface area contributed by atoms with Crippen LogP contribution in [0.15, 0.2) is 11.6 Å². The first kappa shape index (κ1) is 7.52. The highest BCUT2D eigenvalue weighted by Crippen LogP contribution is 2.24. The first-order valence-electron chi connectivity index (χ1n) is 3.92. The molecule has 0 spiro atoms. The molecule has 56 valence electrons. The highest BCUT2D eigenvalue weighted by Gasteiger charge is 2.18. The van der Waals surface area contributed by atoms with Gasteiger partial charge in [-0.2, -0.15) is 0 Å². The number of hydrogen-bond acceptors (Lipinski definition) is 1. The molecule has 1 nitrogen and oxygen atoms in total. The van der Waals surface area contributed by atoms with Crippen LogP contribution in [0.4, 0.5) is 0 Å². The number of rotatable bonds is 0. The predicted octanol–water partition coefficient (Wildman–Crippen LogP) is 2.32. The zero-order valence-electron chi connectivity index (χ0n) is 6.68. The Kier molecular flexibility index (Phi) is 2.25. The third kappa shape index (κ3) is 1.47. The van der Waals surface area contributed by atoms with Crippen molar-refractivity contribution >= 4 is 5.78 Å². The summed E-state index contributed by atoms with van der Waals surface area (Å²) in [7, 11) is 0. The molecule has 0 aliphatic heterocycles. The Morgan fingerprint density at radius 3 is 2.80 bits per heavy atom. The molecule has 1 rings (SSSR count). The summed E-state index contributed by atoms with van der Waals surface area (Å²) in [6.45, 7) is 4.09. The van der Waals surface area contributed by atoms with E-state index in [1.165, 1.54) is 6.42 Å². The normalized spacial score (nSPS) is 31.2. The number of ketones is 1. The van der Waals surface area contributed by atoms with Gasteiger partial charge in [0, 0.05) is 6.42 Å². The minimum atomic E-state index is 0.362. The smallest absolute Gasteiger partial charge is 0.158 e. The summed E-state index contributed by atoms with van der Waals surface area (Å²) in [6.07, 6.45) is 4.90. The predicted molar refractivity (Wildman–Crippen MR) is 41.8 cm³/mol. The SMILES string of the molecule is C/C=C1/CCC(C)CC1=O. The van der Waals surface area contributed by atoms with Crippen LogP contribution < -0.4 is 0 Å². The van der Waals surface area contributed by atoms with Gasteiger partial charge in [0.25, 0.3) is 0 Å². The quantitative estimate of drug-likeness (QED) is 0.469. The van der Waals surface area contributed by atoms with Crippen molar-refractivity contribution < 1.29 is 4.79 Å². The second kappa shape index (κ2) is 3.00. The zero-order chi connectivity index (χ0) is 7.56. The lowest BCUT2D eigenvalue weighted by Crippen LogP contribution is -2.14. The fourth-order valence-corrected chi connectivity index (χ4v) is 1.40. The first-order valence-corrected chi connectivity index (χ1v) is 3.92. The second-order valence-corrected chi connectivity index (χ2v) is 3.09. The monoisotopic (exact) mass is 138 g/mol. The van der Waals surface area contributed by atoms with Crippen molar-refractivity contribution in [3.63, 3.8) is 0 Å². The molecule has 0 radical (unpaired) electrons. The van der Waals surface area contributed by atoms with Crippen LogP contribution in [-0.4, -0.2) is 5.78 Å². The van der Waals surface area contributed by atoms with Crippen molar-refractivity contribution in [2.24, 2.45) is 5.92 Å². The Morgan fingerprint density at radius 1 is 1.60 bits per heavy atom. The van der Waals surface area contributed by atoms with E-state index in [-0.39, 0.29) is 0 Å². The summed E-state index contributed by atoms with van der Waals surface area (Å²) < 4.78 is 0. The highest BCUT2D eigenvalue weighted by atomic mass is 16.1. The molecule has 0 saturated heterocycles. The van der Waals surface area contributed by atoms with Crippen molar-refractivity contribution in [1.29, 1.82) is 0 Å². The zero-order valence-corrected chi connectivity index (χ0v) is 6.68. The molecule has 0 amide bonds. The van der Waals surface area contributed by atoms with E-state index < -0.39 is 0 Å². The fraction of sp³-hybridized carbons (Fsp3) is 0.667. The van der Waals surface area contributed by atoms with Crippen molar-refractivity contribution in [2.45, 2.75) is 33.1 Å². The van der Waals surface area contributed by atoms with Crippen LogP contribution in [0, 0.1) is 5.92 Å². The van der Waals surface area contributed by atoms with Gasteiger partial charge in [-0.15, -0.1) is 0 Å². The van der Waals surface area contributed by atoms with Crippen LogP contribution in [0.25, 0.3) is 0 Å². The largest absolute Gasteiger partial charge is 0.295 e. The minimum absolute atomic E-state index is 0.362. The molecule has 0 aromatic rings. The van der Waals surface area contributed by atoms with Gasteiger partial charge in [0.05, 0.1) is 0 Å². The topological polar surface area (TPSA) is 17.1 Å². The van der Waals surface area contributed by atoms with E-state index >= 15 is 0 Å². The molecule has 1 unspecified atom stereocenters. The van der Waals surface area contributed by atoms with Crippen LogP contribution in [0.5, 0.6) is 0 Å². The van der Waals surface area contributed by atoms with Gasteiger partial charge in [0.15, 0.2) is 5.78 Å². The van der Waals surface area contributed by atoms with E-state index in [1.807, 2.05) is 13.0 Å². The van der Waals surface area contributed by atoms with Crippen molar-refractivity contribution in [3.8, 4) is 0 Å². The summed E-state index contributed by atoms with van der Waals surface area (Å²) >= 11 is 0. The van der Waals surface area contributed by atoms with Crippen LogP contribution >= 0.6 is 0 Å². The van der Waals surface area contributed by atoms with E-state index in [4.69, 9.17) is 0 Å². The Hall–Kier alpha value is -0.590. The van der Waals surface area contributed by atoms with E-state index in [2.05, 4.69) is 6.92 Å². The van der Waals surface area contributed by atoms with Crippen molar-refractivity contribution in [1.82, 2.24) is 0 Å². The summed E-state index contributed by atoms with van der Waals surface area (Å²) in [5, 5.41) is 0. The van der Waals surface area contributed by atoms with Gasteiger partial charge in [-0.05, 0) is 31.3 Å². The van der Waals surface area contributed by atoms with E-state index in [0.717, 1.165) is 18.4 Å². The van der Waals surface area contributed by atoms with E-state index in [9.17, 15) is 4.79 Å². The molecular formula is C9H14O. The van der Waals surface area contributed by atoms with Crippen LogP contribution in [0.3, 0.4) is 0 Å². The van der Waals surface area contributed by atoms with Gasteiger partial charge in [-0.1, -0.05) is 13.0 Å². The maximum atomic E-state index is 11.2. The van der Waals surface area contributed by atoms with Crippen LogP contribution in [0.1, 0.15) is 33.1 Å². The summed E-state index contributed by atoms with van der Waals surface area (Å²) in [4.78, 5) is 11.2. The molecule has 1 aliphatic carbocycles. The number of Topliss-reactive ketones (excluding diaryl/α,β-unsaturated/α-hetero) is 1. The maximum Gasteiger partial charge on any atom is 0.158 e. The molecule has 1 saturated carbocycles. The number of carbonyl (C=O) groups excluding carboxylic acids is 1. The summed E-state index contributed by atoms with van der Waals surface area (Å²) in [6, 6.07) is 0. The van der Waals surface area contributed by atoms with Gasteiger partial charge in [0.2, 0.25) is 0 Å². The molecule has 1 fully saturated rings. The third-order valence-electron chi connectivity index (χ3n) is 2.15. The number of allylic oxidation sites excluding steroid dienone is 2. The molecule has 1 atom stereocenters. The third-order valence-corrected chi connectivity index (χ3v) is 2.15. The average Bonchev–Trinajstić information content (AvgIpc) is 1.88. The molecule has 0 N–H and O–H groups in total. The van der Waals surface area contributed by atoms with Gasteiger partial charge in [-0.3, -0.25) is 4.79 Å². The first-order chi connectivity index (χ1) is 4.74. The van der Waals surface area contributed by atoms with Gasteiger partial charge in [-0.25, -0.2) is 0 Å². The Bertz CT molecular complexity index is 168. The van der Waals surface area contributed by atoms with Gasteiger partial charge in [0.1, 0.15) is 0 Å². The Morgan fingerprint density at radius 2 is 2.30 bits per heavy atom. The summed E-state index contributed by atoms with van der Waals surface area (Å²) in [5.74, 6) is 0.970. The van der Waals surface area contributed by atoms with E-state index in [0.29, 0.717) is 11.7 Å². The second-order valence-electron chi connectivity index (χ2n) is 3.09. The number of hydrogen-bond donors (Lipinski definition) is 0. The fourth-order valence-electron chi connectivity index (χ4n) is 1.40. The molecule has 0 bridgehead atoms. The average molecular weight is 138 g/mol. The lowest BCUT2D eigenvalue weighted by atomic mass is 9.86. The lowest BCUT2D eigenvalue weighted by molar-refractivity contribution is -0.117. The maximum absolute atomic E-state index is 11.2. The van der Waals surface area contributed by atoms with E-state index in [1.54, 1.807) is 0 Å². The number of carbonyl (C=O) groups is 1. The van der Waals surface area contributed by atoms with Crippen molar-refractivity contribution in [3.05, 3.63) is 11.6 Å². The van der Waals surface area contributed by atoms with Crippen molar-refractivity contribution in [2.75, 3.05) is 0 Å². The summed E-state index contributed by atoms with van der Waals surface area (Å²) in [5.41, 5.74) is 1.04. The molecular weight excluding hydrogens is 124 g/mol. The van der Waals surface area contributed by atoms with Crippen LogP contribution in [-0.2, 0) is 4.79 Å². The molecule has 1 aliphatic rings. The Balaban J connectivity index is 2.61. The lowest BCUT2D eigenvalue weighted by Gasteiger charge is -2.18. The molecule has 0 heterocycles. The van der Waals surface area contributed by atoms with Gasteiger partial charge < -0.3 is 0 Å². The molecule has 10 heavy (non-hydrogen) atoms. The standard InChI is InChI=1S/C9H14O/c1-3-8-5-4-7(2)6-9(8)10/h3,7H,4-6H2,1-2H3/b8-3-. The Labute approximate surface area is 62.1 Å². The molecule has 0 aromatic carbocycles.